The van der Waals surface area contributed by atoms with Crippen LogP contribution in [-0.2, 0) is 0 Å². The summed E-state index contributed by atoms with van der Waals surface area (Å²) in [5, 5.41) is 2.11. The van der Waals surface area contributed by atoms with Crippen molar-refractivity contribution in [3.63, 3.8) is 0 Å². The summed E-state index contributed by atoms with van der Waals surface area (Å²) in [5.74, 6) is 0. The summed E-state index contributed by atoms with van der Waals surface area (Å²) < 4.78 is 0. The highest BCUT2D eigenvalue weighted by molar-refractivity contribution is 6.87. The molecular weight excluding hydrogens is 271 g/mol. The maximum absolute atomic E-state index is 4.46. The van der Waals surface area contributed by atoms with Crippen molar-refractivity contribution < 1.29 is 0 Å². The molecule has 4 nitrogen and oxygen atoms in total. The smallest absolute Gasteiger partial charge is 0.211 e. The largest absolute Gasteiger partial charge is 0.244 e. The second-order valence-electron chi connectivity index (χ2n) is 5.34. The predicted octanol–water partition coefficient (Wildman–Crippen LogP) is 1.81. The van der Waals surface area contributed by atoms with Crippen molar-refractivity contribution in [2.45, 2.75) is 6.82 Å². The minimum Gasteiger partial charge on any atom is -0.244 e. The van der Waals surface area contributed by atoms with Gasteiger partial charge in [-0.25, -0.2) is 19.9 Å². The van der Waals surface area contributed by atoms with Gasteiger partial charge in [0.2, 0.25) is 6.71 Å². The van der Waals surface area contributed by atoms with Gasteiger partial charge in [-0.2, -0.15) is 0 Å². The van der Waals surface area contributed by atoms with E-state index in [9.17, 15) is 0 Å². The van der Waals surface area contributed by atoms with Crippen LogP contribution in [0, 0.1) is 0 Å². The lowest BCUT2D eigenvalue weighted by atomic mass is 9.42. The van der Waals surface area contributed by atoms with Gasteiger partial charge in [-0.05, 0) is 10.9 Å². The molecule has 4 rings (SSSR count). The van der Waals surface area contributed by atoms with Crippen molar-refractivity contribution in [2.24, 2.45) is 0 Å². The number of aromatic nitrogens is 4. The molecule has 2 aromatic carbocycles. The lowest BCUT2D eigenvalue weighted by Gasteiger charge is -2.13. The number of fused-ring (bicyclic) bond motifs is 2. The van der Waals surface area contributed by atoms with Crippen molar-refractivity contribution >= 4 is 39.4 Å². The Morgan fingerprint density at radius 2 is 1.23 bits per heavy atom. The standard InChI is InChI=1S/C17H13BN4/c1-18(14-6-2-4-12-8-19-10-21-16(12)14)15-7-3-5-13-9-20-11-22-17(13)15/h2-11H,1H3. The van der Waals surface area contributed by atoms with E-state index in [1.807, 2.05) is 24.5 Å². The van der Waals surface area contributed by atoms with Crippen molar-refractivity contribution in [1.29, 1.82) is 0 Å². The van der Waals surface area contributed by atoms with Gasteiger partial charge in [-0.3, -0.25) is 0 Å². The molecule has 0 aliphatic rings. The molecule has 104 valence electrons. The minimum absolute atomic E-state index is 0.192. The Morgan fingerprint density at radius 3 is 1.73 bits per heavy atom. The van der Waals surface area contributed by atoms with E-state index in [0.717, 1.165) is 21.8 Å². The van der Waals surface area contributed by atoms with E-state index in [-0.39, 0.29) is 6.71 Å². The first kappa shape index (κ1) is 12.9. The minimum atomic E-state index is 0.192. The van der Waals surface area contributed by atoms with Gasteiger partial charge in [-0.15, -0.1) is 0 Å². The molecule has 2 heterocycles. The van der Waals surface area contributed by atoms with Crippen LogP contribution in [0.15, 0.2) is 61.4 Å². The summed E-state index contributed by atoms with van der Waals surface area (Å²) in [6.07, 6.45) is 6.90. The van der Waals surface area contributed by atoms with Gasteiger partial charge in [-0.1, -0.05) is 43.2 Å². The maximum Gasteiger partial charge on any atom is 0.211 e. The number of para-hydroxylation sites is 2. The SMILES string of the molecule is CB(c1cccc2cncnc12)c1cccc2cncnc12. The average Bonchev–Trinajstić information content (AvgIpc) is 2.60. The fraction of sp³-hybridized carbons (Fsp3) is 0.0588. The summed E-state index contributed by atoms with van der Waals surface area (Å²) in [5.41, 5.74) is 4.36. The van der Waals surface area contributed by atoms with E-state index < -0.39 is 0 Å². The molecule has 0 unspecified atom stereocenters. The van der Waals surface area contributed by atoms with E-state index >= 15 is 0 Å². The Morgan fingerprint density at radius 1 is 0.727 bits per heavy atom. The van der Waals surface area contributed by atoms with E-state index in [2.05, 4.69) is 51.0 Å². The van der Waals surface area contributed by atoms with Crippen molar-refractivity contribution in [2.75, 3.05) is 0 Å². The third kappa shape index (κ3) is 2.02. The lowest BCUT2D eigenvalue weighted by molar-refractivity contribution is 1.22. The molecule has 0 aliphatic heterocycles. The molecule has 22 heavy (non-hydrogen) atoms. The van der Waals surface area contributed by atoms with Gasteiger partial charge in [0.25, 0.3) is 0 Å². The molecule has 0 amide bonds. The molecule has 0 bridgehead atoms. The van der Waals surface area contributed by atoms with E-state index in [4.69, 9.17) is 0 Å². The molecule has 0 saturated heterocycles. The zero-order valence-electron chi connectivity index (χ0n) is 12.1. The number of hydrogen-bond acceptors (Lipinski definition) is 4. The Kier molecular flexibility index (Phi) is 3.04. The lowest BCUT2D eigenvalue weighted by Crippen LogP contribution is -2.40. The molecule has 0 radical (unpaired) electrons. The molecule has 0 N–H and O–H groups in total. The first-order valence-electron chi connectivity index (χ1n) is 7.22. The fourth-order valence-electron chi connectivity index (χ4n) is 2.94. The van der Waals surface area contributed by atoms with Crippen molar-refractivity contribution in [3.8, 4) is 0 Å². The average molecular weight is 284 g/mol. The summed E-state index contributed by atoms with van der Waals surface area (Å²) in [6, 6.07) is 12.4. The molecule has 2 aromatic heterocycles. The molecule has 5 heteroatoms. The second kappa shape index (κ2) is 5.18. The predicted molar refractivity (Wildman–Crippen MR) is 90.0 cm³/mol. The number of rotatable bonds is 2. The highest BCUT2D eigenvalue weighted by atomic mass is 14.8. The number of hydrogen-bond donors (Lipinski definition) is 0. The van der Waals surface area contributed by atoms with Crippen LogP contribution in [0.2, 0.25) is 6.82 Å². The first-order chi connectivity index (χ1) is 10.8. The van der Waals surface area contributed by atoms with Gasteiger partial charge >= 0.3 is 0 Å². The van der Waals surface area contributed by atoms with Crippen molar-refractivity contribution in [3.05, 3.63) is 61.4 Å². The third-order valence-corrected chi connectivity index (χ3v) is 4.06. The zero-order valence-corrected chi connectivity index (χ0v) is 12.1. The fourth-order valence-corrected chi connectivity index (χ4v) is 2.94. The zero-order chi connectivity index (χ0) is 14.9. The topological polar surface area (TPSA) is 51.6 Å². The first-order valence-corrected chi connectivity index (χ1v) is 7.22. The number of nitrogens with zero attached hydrogens (tertiary/aromatic N) is 4. The van der Waals surface area contributed by atoms with E-state index in [0.29, 0.717) is 0 Å². The van der Waals surface area contributed by atoms with Gasteiger partial charge in [0.15, 0.2) is 0 Å². The van der Waals surface area contributed by atoms with Crippen LogP contribution in [-0.4, -0.2) is 26.6 Å². The highest BCUT2D eigenvalue weighted by Crippen LogP contribution is 2.11. The van der Waals surface area contributed by atoms with Gasteiger partial charge < -0.3 is 0 Å². The molecule has 0 aliphatic carbocycles. The second-order valence-corrected chi connectivity index (χ2v) is 5.34. The summed E-state index contributed by atoms with van der Waals surface area (Å²) in [6.45, 7) is 2.38. The maximum atomic E-state index is 4.46. The van der Waals surface area contributed by atoms with E-state index in [1.54, 1.807) is 12.7 Å². The number of benzene rings is 2. The third-order valence-electron chi connectivity index (χ3n) is 4.06. The molecule has 0 saturated carbocycles. The molecule has 0 spiro atoms. The molecular formula is C17H13BN4. The summed E-state index contributed by atoms with van der Waals surface area (Å²) in [4.78, 5) is 17.1. The van der Waals surface area contributed by atoms with Crippen LogP contribution in [0.25, 0.3) is 21.8 Å². The van der Waals surface area contributed by atoms with Gasteiger partial charge in [0.05, 0.1) is 11.0 Å². The quantitative estimate of drug-likeness (QED) is 0.527. The van der Waals surface area contributed by atoms with Gasteiger partial charge in [0, 0.05) is 23.2 Å². The summed E-state index contributed by atoms with van der Waals surface area (Å²) >= 11 is 0. The highest BCUT2D eigenvalue weighted by Gasteiger charge is 2.19. The summed E-state index contributed by atoms with van der Waals surface area (Å²) in [7, 11) is 0. The van der Waals surface area contributed by atoms with Crippen LogP contribution in [0.4, 0.5) is 0 Å². The van der Waals surface area contributed by atoms with Crippen LogP contribution < -0.4 is 10.9 Å². The van der Waals surface area contributed by atoms with Crippen LogP contribution in [0.1, 0.15) is 0 Å². The molecule has 0 fully saturated rings. The van der Waals surface area contributed by atoms with Crippen molar-refractivity contribution in [1.82, 2.24) is 19.9 Å². The Hall–Kier alpha value is -2.82. The van der Waals surface area contributed by atoms with Crippen LogP contribution in [0.5, 0.6) is 0 Å². The monoisotopic (exact) mass is 284 g/mol. The normalized spacial score (nSPS) is 11.0. The van der Waals surface area contributed by atoms with Gasteiger partial charge in [0.1, 0.15) is 12.7 Å². The Bertz CT molecular complexity index is 881. The molecule has 4 aromatic rings. The van der Waals surface area contributed by atoms with Crippen LogP contribution in [0.3, 0.4) is 0 Å². The molecule has 0 atom stereocenters. The van der Waals surface area contributed by atoms with E-state index in [1.165, 1.54) is 10.9 Å². The Balaban J connectivity index is 1.94. The van der Waals surface area contributed by atoms with Crippen LogP contribution >= 0.6 is 0 Å². The Labute approximate surface area is 128 Å².